The molecule has 4 aliphatic carbocycles. The summed E-state index contributed by atoms with van der Waals surface area (Å²) < 4.78 is 0. The highest BCUT2D eigenvalue weighted by molar-refractivity contribution is 6.26. The van der Waals surface area contributed by atoms with Crippen LogP contribution in [0.15, 0.2) is 23.3 Å². The summed E-state index contributed by atoms with van der Waals surface area (Å²) in [6, 6.07) is 0. The minimum Gasteiger partial charge on any atom is -0.391 e. The van der Waals surface area contributed by atoms with Gasteiger partial charge in [0.05, 0.1) is 17.1 Å². The van der Waals surface area contributed by atoms with Crippen molar-refractivity contribution >= 4 is 23.2 Å². The lowest BCUT2D eigenvalue weighted by atomic mass is 9.45. The van der Waals surface area contributed by atoms with Crippen LogP contribution in [0.1, 0.15) is 46.5 Å². The van der Waals surface area contributed by atoms with Crippen LogP contribution >= 0.6 is 11.6 Å². The van der Waals surface area contributed by atoms with Gasteiger partial charge >= 0.3 is 0 Å². The smallest absolute Gasteiger partial charge is 0.190 e. The van der Waals surface area contributed by atoms with E-state index in [1.807, 2.05) is 6.92 Å². The molecule has 0 aromatic carbocycles. The van der Waals surface area contributed by atoms with Crippen LogP contribution in [0.4, 0.5) is 0 Å². The number of halogens is 1. The van der Waals surface area contributed by atoms with Gasteiger partial charge < -0.3 is 20.4 Å². The third kappa shape index (κ3) is 2.32. The predicted molar refractivity (Wildman–Crippen MR) is 106 cm³/mol. The predicted octanol–water partition coefficient (Wildman–Crippen LogP) is 1.28. The van der Waals surface area contributed by atoms with E-state index >= 15 is 0 Å². The zero-order valence-electron chi connectivity index (χ0n) is 17.0. The summed E-state index contributed by atoms with van der Waals surface area (Å²) in [6.45, 7) is 4.57. The quantitative estimate of drug-likeness (QED) is 0.496. The van der Waals surface area contributed by atoms with E-state index in [2.05, 4.69) is 0 Å². The average molecular weight is 425 g/mol. The molecule has 7 heteroatoms. The molecule has 2 unspecified atom stereocenters. The number of hydrogen-bond acceptors (Lipinski definition) is 6. The Balaban J connectivity index is 1.86. The number of Topliss-reactive ketones (excluding diaryl/α,β-unsaturated/α-hetero) is 1. The van der Waals surface area contributed by atoms with Crippen LogP contribution in [0, 0.1) is 22.7 Å². The van der Waals surface area contributed by atoms with Gasteiger partial charge in [-0.2, -0.15) is 0 Å². The number of rotatable bonds is 2. The number of alkyl halides is 1. The monoisotopic (exact) mass is 424 g/mol. The maximum absolute atomic E-state index is 12.5. The Labute approximate surface area is 175 Å². The number of allylic oxidation sites excluding steroid dienone is 3. The second-order valence-corrected chi connectivity index (χ2v) is 10.5. The van der Waals surface area contributed by atoms with E-state index in [1.165, 1.54) is 6.08 Å². The van der Waals surface area contributed by atoms with E-state index in [4.69, 9.17) is 11.6 Å². The van der Waals surface area contributed by atoms with Gasteiger partial charge in [0.15, 0.2) is 11.6 Å². The highest BCUT2D eigenvalue weighted by Crippen LogP contribution is 2.70. The molecule has 0 amide bonds. The van der Waals surface area contributed by atoms with Gasteiger partial charge in [-0.05, 0) is 61.7 Å². The lowest BCUT2D eigenvalue weighted by Gasteiger charge is -2.64. The second kappa shape index (κ2) is 6.24. The van der Waals surface area contributed by atoms with Crippen molar-refractivity contribution in [2.45, 2.75) is 69.1 Å². The Kier molecular flexibility index (Phi) is 4.56. The van der Waals surface area contributed by atoms with Gasteiger partial charge in [-0.25, -0.2) is 0 Å². The molecular formula is C22H29ClO6. The minimum atomic E-state index is -1.73. The number of carbonyl (C=O) groups is 2. The van der Waals surface area contributed by atoms with Crippen molar-refractivity contribution in [1.82, 2.24) is 0 Å². The molecule has 0 aromatic rings. The van der Waals surface area contributed by atoms with Crippen molar-refractivity contribution in [2.75, 3.05) is 6.61 Å². The van der Waals surface area contributed by atoms with E-state index in [1.54, 1.807) is 19.9 Å². The maximum atomic E-state index is 12.5. The standard InChI is InChI=1S/C22H29ClO6/c1-11-8-20(3)14(7-15(11)25)16(26)6-13-12-4-5-21(29,18(28)10-24)19(12,2)9-17(27)22(13,20)23/h7-8,12-13,16-17,24,26-27,29H,4-6,9-10H2,1-3H3/t12-,13-,16?,17?,19-,20-,21-,22-/m0/s1. The Morgan fingerprint density at radius 1 is 1.28 bits per heavy atom. The van der Waals surface area contributed by atoms with Crippen LogP contribution in [0.3, 0.4) is 0 Å². The van der Waals surface area contributed by atoms with Gasteiger partial charge in [0.2, 0.25) is 0 Å². The number of hydrogen-bond donors (Lipinski definition) is 4. The van der Waals surface area contributed by atoms with E-state index in [0.29, 0.717) is 17.6 Å². The van der Waals surface area contributed by atoms with Crippen LogP contribution in [-0.4, -0.2) is 61.3 Å². The van der Waals surface area contributed by atoms with Crippen molar-refractivity contribution in [1.29, 1.82) is 0 Å². The summed E-state index contributed by atoms with van der Waals surface area (Å²) in [6.07, 6.45) is 2.26. The van der Waals surface area contributed by atoms with Crippen LogP contribution in [0.25, 0.3) is 0 Å². The highest BCUT2D eigenvalue weighted by atomic mass is 35.5. The molecule has 0 radical (unpaired) electrons. The average Bonchev–Trinajstić information content (AvgIpc) is 2.91. The molecule has 29 heavy (non-hydrogen) atoms. The molecule has 6 nitrogen and oxygen atoms in total. The molecule has 8 atom stereocenters. The molecule has 0 saturated heterocycles. The molecule has 0 aliphatic heterocycles. The number of carbonyl (C=O) groups excluding carboxylic acids is 2. The zero-order chi connectivity index (χ0) is 21.6. The molecule has 0 heterocycles. The molecule has 3 saturated carbocycles. The van der Waals surface area contributed by atoms with E-state index < -0.39 is 45.9 Å². The first-order valence-corrected chi connectivity index (χ1v) is 10.6. The molecule has 0 bridgehead atoms. The molecule has 3 fully saturated rings. The van der Waals surface area contributed by atoms with Gasteiger partial charge in [0.1, 0.15) is 12.2 Å². The largest absolute Gasteiger partial charge is 0.391 e. The number of aliphatic hydroxyl groups is 4. The first-order valence-electron chi connectivity index (χ1n) is 10.2. The van der Waals surface area contributed by atoms with Gasteiger partial charge in [-0.3, -0.25) is 9.59 Å². The molecule has 4 aliphatic rings. The third-order valence-corrected chi connectivity index (χ3v) is 9.65. The van der Waals surface area contributed by atoms with Crippen LogP contribution in [0.2, 0.25) is 0 Å². The van der Waals surface area contributed by atoms with Gasteiger partial charge in [-0.15, -0.1) is 11.6 Å². The molecular weight excluding hydrogens is 396 g/mol. The first-order chi connectivity index (χ1) is 13.4. The minimum absolute atomic E-state index is 0.0969. The fourth-order valence-corrected chi connectivity index (χ4v) is 7.60. The Morgan fingerprint density at radius 3 is 2.55 bits per heavy atom. The SMILES string of the molecule is CC1=C[C@@]2(C)C(=CC1=O)C(O)C[C@H]1[C@@H]3CC[C@](O)(C(=O)CO)[C@@]3(C)CC(O)[C@@]12Cl. The van der Waals surface area contributed by atoms with Crippen molar-refractivity contribution < 1.29 is 30.0 Å². The maximum Gasteiger partial charge on any atom is 0.190 e. The summed E-state index contributed by atoms with van der Waals surface area (Å²) in [4.78, 5) is 23.5. The fourth-order valence-electron chi connectivity index (χ4n) is 7.12. The Morgan fingerprint density at radius 2 is 1.93 bits per heavy atom. The summed E-state index contributed by atoms with van der Waals surface area (Å²) in [5, 5.41) is 43.0. The van der Waals surface area contributed by atoms with Crippen molar-refractivity contribution in [2.24, 2.45) is 22.7 Å². The summed E-state index contributed by atoms with van der Waals surface area (Å²) in [5.41, 5.74) is -2.60. The number of fused-ring (bicyclic) bond motifs is 5. The molecule has 4 N–H and O–H groups in total. The van der Waals surface area contributed by atoms with E-state index in [-0.39, 0.29) is 36.9 Å². The van der Waals surface area contributed by atoms with Gasteiger partial charge in [0, 0.05) is 10.8 Å². The highest BCUT2D eigenvalue weighted by Gasteiger charge is 2.73. The van der Waals surface area contributed by atoms with Crippen LogP contribution in [-0.2, 0) is 9.59 Å². The van der Waals surface area contributed by atoms with Crippen molar-refractivity contribution in [3.05, 3.63) is 23.3 Å². The van der Waals surface area contributed by atoms with E-state index in [0.717, 1.165) is 0 Å². The topological polar surface area (TPSA) is 115 Å². The number of ketones is 2. The zero-order valence-corrected chi connectivity index (χ0v) is 17.7. The van der Waals surface area contributed by atoms with Gasteiger partial charge in [0.25, 0.3) is 0 Å². The molecule has 160 valence electrons. The van der Waals surface area contributed by atoms with Crippen molar-refractivity contribution in [3.8, 4) is 0 Å². The molecule has 0 aromatic heterocycles. The van der Waals surface area contributed by atoms with Crippen molar-refractivity contribution in [3.63, 3.8) is 0 Å². The fraction of sp³-hybridized carbons (Fsp3) is 0.727. The summed E-state index contributed by atoms with van der Waals surface area (Å²) >= 11 is 7.28. The lowest BCUT2D eigenvalue weighted by molar-refractivity contribution is -0.177. The molecule has 4 rings (SSSR count). The second-order valence-electron chi connectivity index (χ2n) is 9.84. The Hall–Kier alpha value is -1.05. The summed E-state index contributed by atoms with van der Waals surface area (Å²) in [5.74, 6) is -1.41. The lowest BCUT2D eigenvalue weighted by Crippen LogP contribution is -2.70. The van der Waals surface area contributed by atoms with Gasteiger partial charge in [-0.1, -0.05) is 19.9 Å². The molecule has 0 spiro atoms. The Bertz CT molecular complexity index is 850. The van der Waals surface area contributed by atoms with E-state index in [9.17, 15) is 30.0 Å². The van der Waals surface area contributed by atoms with Crippen LogP contribution < -0.4 is 0 Å². The number of aliphatic hydroxyl groups excluding tert-OH is 3. The first kappa shape index (κ1) is 21.2. The third-order valence-electron chi connectivity index (χ3n) is 8.73. The van der Waals surface area contributed by atoms with Crippen LogP contribution in [0.5, 0.6) is 0 Å². The normalized spacial score (nSPS) is 51.5. The summed E-state index contributed by atoms with van der Waals surface area (Å²) in [7, 11) is 0.